The number of hydrogen-bond donors (Lipinski definition) is 1. The number of nitrogens with one attached hydrogen (secondary N) is 1. The Balaban J connectivity index is 2.20. The van der Waals surface area contributed by atoms with E-state index in [0.717, 1.165) is 16.9 Å². The van der Waals surface area contributed by atoms with Gasteiger partial charge in [-0.25, -0.2) is 0 Å². The number of hydrogen-bond acceptors (Lipinski definition) is 2. The summed E-state index contributed by atoms with van der Waals surface area (Å²) >= 11 is 1.59. The van der Waals surface area contributed by atoms with Gasteiger partial charge >= 0.3 is 0 Å². The number of amides is 1. The molecule has 0 radical (unpaired) electrons. The Morgan fingerprint density at radius 2 is 1.62 bits per heavy atom. The van der Waals surface area contributed by atoms with Crippen molar-refractivity contribution in [1.29, 1.82) is 0 Å². The SMILES string of the molecule is CC[C@H](C)NC(=O)[C@H](Sc1ccccc1)c1ccccc1. The molecule has 2 atom stereocenters. The third-order valence-corrected chi connectivity index (χ3v) is 4.60. The summed E-state index contributed by atoms with van der Waals surface area (Å²) in [6, 6.07) is 20.2. The summed E-state index contributed by atoms with van der Waals surface area (Å²) in [6.45, 7) is 4.11. The molecule has 2 rings (SSSR count). The lowest BCUT2D eigenvalue weighted by Crippen LogP contribution is -2.35. The van der Waals surface area contributed by atoms with Crippen LogP contribution in [0.4, 0.5) is 0 Å². The molecule has 0 aliphatic carbocycles. The predicted molar refractivity (Wildman–Crippen MR) is 89.4 cm³/mol. The molecule has 0 saturated heterocycles. The normalized spacial score (nSPS) is 13.4. The number of carbonyl (C=O) groups is 1. The minimum Gasteiger partial charge on any atom is -0.352 e. The lowest BCUT2D eigenvalue weighted by atomic mass is 10.1. The van der Waals surface area contributed by atoms with Crippen molar-refractivity contribution in [3.63, 3.8) is 0 Å². The summed E-state index contributed by atoms with van der Waals surface area (Å²) < 4.78 is 0. The maximum atomic E-state index is 12.6. The number of benzene rings is 2. The van der Waals surface area contributed by atoms with Crippen molar-refractivity contribution in [2.75, 3.05) is 0 Å². The van der Waals surface area contributed by atoms with Crippen molar-refractivity contribution >= 4 is 17.7 Å². The van der Waals surface area contributed by atoms with Crippen LogP contribution in [0, 0.1) is 0 Å². The Hall–Kier alpha value is -1.74. The molecule has 3 heteroatoms. The van der Waals surface area contributed by atoms with Crippen LogP contribution in [0.3, 0.4) is 0 Å². The van der Waals surface area contributed by atoms with Gasteiger partial charge in [-0.2, -0.15) is 0 Å². The van der Waals surface area contributed by atoms with Crippen molar-refractivity contribution in [2.45, 2.75) is 36.5 Å². The fourth-order valence-electron chi connectivity index (χ4n) is 1.96. The second-order valence-electron chi connectivity index (χ2n) is 5.04. The van der Waals surface area contributed by atoms with Crippen molar-refractivity contribution in [1.82, 2.24) is 5.32 Å². The van der Waals surface area contributed by atoms with Crippen LogP contribution in [-0.4, -0.2) is 11.9 Å². The molecular formula is C18H21NOS. The van der Waals surface area contributed by atoms with E-state index in [0.29, 0.717) is 0 Å². The molecule has 0 aliphatic rings. The third-order valence-electron chi connectivity index (χ3n) is 3.34. The molecule has 0 aromatic heterocycles. The average molecular weight is 299 g/mol. The molecule has 0 aliphatic heterocycles. The first-order valence-electron chi connectivity index (χ1n) is 7.27. The highest BCUT2D eigenvalue weighted by Gasteiger charge is 2.22. The zero-order chi connectivity index (χ0) is 15.1. The van der Waals surface area contributed by atoms with E-state index in [4.69, 9.17) is 0 Å². The van der Waals surface area contributed by atoms with Gasteiger partial charge in [0, 0.05) is 10.9 Å². The molecule has 21 heavy (non-hydrogen) atoms. The minimum atomic E-state index is -0.220. The van der Waals surface area contributed by atoms with Gasteiger partial charge in [-0.15, -0.1) is 11.8 Å². The first kappa shape index (κ1) is 15.6. The minimum absolute atomic E-state index is 0.0735. The van der Waals surface area contributed by atoms with Crippen LogP contribution >= 0.6 is 11.8 Å². The smallest absolute Gasteiger partial charge is 0.238 e. The van der Waals surface area contributed by atoms with E-state index < -0.39 is 0 Å². The number of rotatable bonds is 6. The topological polar surface area (TPSA) is 29.1 Å². The first-order valence-corrected chi connectivity index (χ1v) is 8.15. The summed E-state index contributed by atoms with van der Waals surface area (Å²) in [5.74, 6) is 0.0735. The molecule has 0 unspecified atom stereocenters. The van der Waals surface area contributed by atoms with Crippen LogP contribution in [-0.2, 0) is 4.79 Å². The molecule has 2 nitrogen and oxygen atoms in total. The van der Waals surface area contributed by atoms with Gasteiger partial charge in [-0.3, -0.25) is 4.79 Å². The zero-order valence-electron chi connectivity index (χ0n) is 12.5. The van der Waals surface area contributed by atoms with Crippen molar-refractivity contribution in [2.24, 2.45) is 0 Å². The summed E-state index contributed by atoms with van der Waals surface area (Å²) in [6.07, 6.45) is 0.934. The average Bonchev–Trinajstić information content (AvgIpc) is 2.54. The predicted octanol–water partition coefficient (Wildman–Crippen LogP) is 4.43. The molecular weight excluding hydrogens is 278 g/mol. The van der Waals surface area contributed by atoms with Gasteiger partial charge in [0.05, 0.1) is 0 Å². The second-order valence-corrected chi connectivity index (χ2v) is 6.22. The maximum Gasteiger partial charge on any atom is 0.238 e. The van der Waals surface area contributed by atoms with Crippen LogP contribution < -0.4 is 5.32 Å². The van der Waals surface area contributed by atoms with E-state index in [9.17, 15) is 4.79 Å². The third kappa shape index (κ3) is 4.64. The molecule has 0 bridgehead atoms. The quantitative estimate of drug-likeness (QED) is 0.799. The molecule has 0 saturated carbocycles. The lowest BCUT2D eigenvalue weighted by Gasteiger charge is -2.19. The van der Waals surface area contributed by atoms with Crippen LogP contribution in [0.1, 0.15) is 31.1 Å². The van der Waals surface area contributed by atoms with Gasteiger partial charge in [-0.05, 0) is 31.0 Å². The van der Waals surface area contributed by atoms with Crippen molar-refractivity contribution < 1.29 is 4.79 Å². The molecule has 110 valence electrons. The first-order chi connectivity index (χ1) is 10.2. The lowest BCUT2D eigenvalue weighted by molar-refractivity contribution is -0.121. The Labute approximate surface area is 131 Å². The monoisotopic (exact) mass is 299 g/mol. The van der Waals surface area contributed by atoms with Gasteiger partial charge in [0.25, 0.3) is 0 Å². The Morgan fingerprint density at radius 1 is 1.05 bits per heavy atom. The molecule has 0 fully saturated rings. The van der Waals surface area contributed by atoms with Crippen LogP contribution in [0.25, 0.3) is 0 Å². The Morgan fingerprint density at radius 3 is 2.19 bits per heavy atom. The largest absolute Gasteiger partial charge is 0.352 e. The van der Waals surface area contributed by atoms with Crippen LogP contribution in [0.15, 0.2) is 65.6 Å². The van der Waals surface area contributed by atoms with Gasteiger partial charge in [0.1, 0.15) is 5.25 Å². The fourth-order valence-corrected chi connectivity index (χ4v) is 3.01. The standard InChI is InChI=1S/C18H21NOS/c1-3-14(2)19-18(20)17(15-10-6-4-7-11-15)21-16-12-8-5-9-13-16/h4-14,17H,3H2,1-2H3,(H,19,20)/t14-,17+/m0/s1. The van der Waals surface area contributed by atoms with Crippen LogP contribution in [0.2, 0.25) is 0 Å². The maximum absolute atomic E-state index is 12.6. The molecule has 1 N–H and O–H groups in total. The Bertz CT molecular complexity index is 556. The Kier molecular flexibility index (Phi) is 5.88. The molecule has 2 aromatic rings. The van der Waals surface area contributed by atoms with Crippen molar-refractivity contribution in [3.05, 3.63) is 66.2 Å². The molecule has 1 amide bonds. The summed E-state index contributed by atoms with van der Waals surface area (Å²) in [4.78, 5) is 13.7. The number of carbonyl (C=O) groups excluding carboxylic acids is 1. The van der Waals surface area contributed by atoms with E-state index in [1.54, 1.807) is 11.8 Å². The molecule has 0 spiro atoms. The molecule has 2 aromatic carbocycles. The zero-order valence-corrected chi connectivity index (χ0v) is 13.3. The van der Waals surface area contributed by atoms with Gasteiger partial charge in [0.15, 0.2) is 0 Å². The molecule has 0 heterocycles. The second kappa shape index (κ2) is 7.89. The van der Waals surface area contributed by atoms with E-state index in [1.165, 1.54) is 0 Å². The summed E-state index contributed by atoms with van der Waals surface area (Å²) in [5.41, 5.74) is 1.03. The summed E-state index contributed by atoms with van der Waals surface area (Å²) in [5, 5.41) is 2.87. The summed E-state index contributed by atoms with van der Waals surface area (Å²) in [7, 11) is 0. The van der Waals surface area contributed by atoms with E-state index in [2.05, 4.69) is 12.2 Å². The highest BCUT2D eigenvalue weighted by Crippen LogP contribution is 2.35. The number of thioether (sulfide) groups is 1. The highest BCUT2D eigenvalue weighted by molar-refractivity contribution is 8.00. The van der Waals surface area contributed by atoms with E-state index in [1.807, 2.05) is 67.6 Å². The fraction of sp³-hybridized carbons (Fsp3) is 0.278. The van der Waals surface area contributed by atoms with Gasteiger partial charge < -0.3 is 5.32 Å². The van der Waals surface area contributed by atoms with Gasteiger partial charge in [-0.1, -0.05) is 55.5 Å². The van der Waals surface area contributed by atoms with E-state index >= 15 is 0 Å². The van der Waals surface area contributed by atoms with Crippen LogP contribution in [0.5, 0.6) is 0 Å². The highest BCUT2D eigenvalue weighted by atomic mass is 32.2. The van der Waals surface area contributed by atoms with E-state index in [-0.39, 0.29) is 17.2 Å². The van der Waals surface area contributed by atoms with Crippen molar-refractivity contribution in [3.8, 4) is 0 Å². The van der Waals surface area contributed by atoms with Gasteiger partial charge in [0.2, 0.25) is 5.91 Å².